The maximum atomic E-state index is 6.20. The van der Waals surface area contributed by atoms with Crippen molar-refractivity contribution in [3.05, 3.63) is 28.3 Å². The zero-order chi connectivity index (χ0) is 13.5. The van der Waals surface area contributed by atoms with Crippen LogP contribution >= 0.6 is 23.2 Å². The number of benzene rings is 1. The fourth-order valence-electron chi connectivity index (χ4n) is 1.63. The van der Waals surface area contributed by atoms with Gasteiger partial charge in [-0.1, -0.05) is 25.4 Å². The van der Waals surface area contributed by atoms with Crippen LogP contribution in [0.2, 0.25) is 5.02 Å². The van der Waals surface area contributed by atoms with Crippen LogP contribution in [-0.4, -0.2) is 25.7 Å². The summed E-state index contributed by atoms with van der Waals surface area (Å²) < 4.78 is 11.0. The first-order valence-corrected chi connectivity index (χ1v) is 7.04. The van der Waals surface area contributed by atoms with E-state index >= 15 is 0 Å². The van der Waals surface area contributed by atoms with Gasteiger partial charge in [-0.15, -0.1) is 11.6 Å². The van der Waals surface area contributed by atoms with Crippen molar-refractivity contribution < 1.29 is 9.47 Å². The van der Waals surface area contributed by atoms with Crippen molar-refractivity contribution in [1.29, 1.82) is 0 Å². The van der Waals surface area contributed by atoms with Crippen molar-refractivity contribution in [2.24, 2.45) is 0 Å². The summed E-state index contributed by atoms with van der Waals surface area (Å²) in [4.78, 5) is 0. The molecule has 4 heteroatoms. The zero-order valence-corrected chi connectivity index (χ0v) is 12.6. The summed E-state index contributed by atoms with van der Waals surface area (Å²) in [7, 11) is 0. The van der Waals surface area contributed by atoms with E-state index in [4.69, 9.17) is 32.7 Å². The topological polar surface area (TPSA) is 18.5 Å². The molecule has 1 rings (SSSR count). The lowest BCUT2D eigenvalue weighted by molar-refractivity contribution is 0.111. The number of hydrogen-bond donors (Lipinski definition) is 0. The molecule has 0 atom stereocenters. The summed E-state index contributed by atoms with van der Waals surface area (Å²) in [5.74, 6) is 1.77. The van der Waals surface area contributed by atoms with Crippen molar-refractivity contribution in [3.63, 3.8) is 0 Å². The highest BCUT2D eigenvalue weighted by Crippen LogP contribution is 2.31. The smallest absolute Gasteiger partial charge is 0.122 e. The van der Waals surface area contributed by atoms with Crippen LogP contribution in [0.4, 0.5) is 0 Å². The Labute approximate surface area is 119 Å². The molecular formula is C14H20Cl2O2. The van der Waals surface area contributed by atoms with E-state index < -0.39 is 0 Å². The van der Waals surface area contributed by atoms with E-state index in [1.807, 2.05) is 19.1 Å². The average Bonchev–Trinajstić information content (AvgIpc) is 2.30. The Morgan fingerprint density at radius 2 is 1.89 bits per heavy atom. The summed E-state index contributed by atoms with van der Waals surface area (Å²) in [5.41, 5.74) is 2.15. The van der Waals surface area contributed by atoms with E-state index in [0.717, 1.165) is 21.9 Å². The first kappa shape index (κ1) is 15.6. The molecule has 0 saturated carbocycles. The minimum atomic E-state index is 0.382. The standard InChI is InChI=1S/C14H20Cl2O2/c1-10(2)12-9-14(11(3)8-13(12)16)18-7-6-17-5-4-15/h8-10H,4-7H2,1-3H3. The third-order valence-corrected chi connectivity index (χ3v) is 3.10. The quantitative estimate of drug-likeness (QED) is 0.547. The number of ether oxygens (including phenoxy) is 2. The third-order valence-electron chi connectivity index (χ3n) is 2.62. The van der Waals surface area contributed by atoms with Crippen LogP contribution in [0.15, 0.2) is 12.1 Å². The van der Waals surface area contributed by atoms with Crippen LogP contribution in [0.5, 0.6) is 5.75 Å². The Balaban J connectivity index is 2.62. The molecule has 2 nitrogen and oxygen atoms in total. The highest BCUT2D eigenvalue weighted by Gasteiger charge is 2.09. The molecule has 0 fully saturated rings. The Kier molecular flexibility index (Phi) is 6.83. The maximum absolute atomic E-state index is 6.20. The van der Waals surface area contributed by atoms with E-state index in [-0.39, 0.29) is 0 Å². The van der Waals surface area contributed by atoms with Gasteiger partial charge in [0, 0.05) is 10.9 Å². The zero-order valence-electron chi connectivity index (χ0n) is 11.1. The molecule has 0 unspecified atom stereocenters. The van der Waals surface area contributed by atoms with Gasteiger partial charge in [-0.05, 0) is 36.1 Å². The second-order valence-electron chi connectivity index (χ2n) is 4.44. The normalized spacial score (nSPS) is 11.0. The van der Waals surface area contributed by atoms with E-state index in [1.54, 1.807) is 0 Å². The summed E-state index contributed by atoms with van der Waals surface area (Å²) in [6.07, 6.45) is 0. The second-order valence-corrected chi connectivity index (χ2v) is 5.23. The Morgan fingerprint density at radius 1 is 1.17 bits per heavy atom. The molecule has 18 heavy (non-hydrogen) atoms. The van der Waals surface area contributed by atoms with Gasteiger partial charge in [0.05, 0.1) is 13.2 Å². The monoisotopic (exact) mass is 290 g/mol. The van der Waals surface area contributed by atoms with Crippen molar-refractivity contribution in [2.75, 3.05) is 25.7 Å². The van der Waals surface area contributed by atoms with Crippen molar-refractivity contribution in [1.82, 2.24) is 0 Å². The van der Waals surface area contributed by atoms with Crippen molar-refractivity contribution >= 4 is 23.2 Å². The van der Waals surface area contributed by atoms with E-state index in [9.17, 15) is 0 Å². The van der Waals surface area contributed by atoms with Gasteiger partial charge in [0.1, 0.15) is 12.4 Å². The summed E-state index contributed by atoms with van der Waals surface area (Å²) in [5, 5.41) is 0.799. The number of hydrogen-bond acceptors (Lipinski definition) is 2. The first-order chi connectivity index (χ1) is 8.56. The van der Waals surface area contributed by atoms with Gasteiger partial charge >= 0.3 is 0 Å². The minimum absolute atomic E-state index is 0.382. The highest BCUT2D eigenvalue weighted by molar-refractivity contribution is 6.31. The van der Waals surface area contributed by atoms with Gasteiger partial charge < -0.3 is 9.47 Å². The number of alkyl halides is 1. The molecule has 0 amide bonds. The molecule has 0 bridgehead atoms. The molecule has 0 N–H and O–H groups in total. The lowest BCUT2D eigenvalue weighted by Gasteiger charge is -2.14. The van der Waals surface area contributed by atoms with E-state index in [2.05, 4.69) is 13.8 Å². The van der Waals surface area contributed by atoms with Crippen LogP contribution in [0.1, 0.15) is 30.9 Å². The lowest BCUT2D eigenvalue weighted by Crippen LogP contribution is -2.09. The molecule has 0 radical (unpaired) electrons. The molecule has 102 valence electrons. The van der Waals surface area contributed by atoms with Gasteiger partial charge in [-0.3, -0.25) is 0 Å². The van der Waals surface area contributed by atoms with Gasteiger partial charge in [-0.25, -0.2) is 0 Å². The van der Waals surface area contributed by atoms with Crippen LogP contribution in [0.25, 0.3) is 0 Å². The predicted molar refractivity (Wildman–Crippen MR) is 77.3 cm³/mol. The van der Waals surface area contributed by atoms with Gasteiger partial charge in [0.15, 0.2) is 0 Å². The highest BCUT2D eigenvalue weighted by atomic mass is 35.5. The maximum Gasteiger partial charge on any atom is 0.122 e. The largest absolute Gasteiger partial charge is 0.491 e. The summed E-state index contributed by atoms with van der Waals surface area (Å²) >= 11 is 11.7. The van der Waals surface area contributed by atoms with Crippen LogP contribution in [0.3, 0.4) is 0 Å². The molecule has 1 aromatic carbocycles. The Bertz CT molecular complexity index is 378. The van der Waals surface area contributed by atoms with Crippen LogP contribution in [0, 0.1) is 6.92 Å². The Hall–Kier alpha value is -0.440. The predicted octanol–water partition coefficient (Wildman–Crippen LogP) is 4.41. The molecule has 0 aliphatic rings. The summed E-state index contributed by atoms with van der Waals surface area (Å²) in [6, 6.07) is 3.97. The fraction of sp³-hybridized carbons (Fsp3) is 0.571. The average molecular weight is 291 g/mol. The number of halogens is 2. The lowest BCUT2D eigenvalue weighted by atomic mass is 10.0. The third kappa shape index (κ3) is 4.68. The van der Waals surface area contributed by atoms with Crippen LogP contribution in [-0.2, 0) is 4.74 Å². The van der Waals surface area contributed by atoms with Crippen LogP contribution < -0.4 is 4.74 Å². The molecule has 0 aromatic heterocycles. The molecular weight excluding hydrogens is 271 g/mol. The molecule has 1 aromatic rings. The number of aryl methyl sites for hydroxylation is 1. The molecule has 0 spiro atoms. The molecule has 0 saturated heterocycles. The molecule has 0 heterocycles. The molecule has 0 aliphatic carbocycles. The Morgan fingerprint density at radius 3 is 2.50 bits per heavy atom. The first-order valence-electron chi connectivity index (χ1n) is 6.12. The van der Waals surface area contributed by atoms with Gasteiger partial charge in [0.2, 0.25) is 0 Å². The molecule has 0 aliphatic heterocycles. The summed E-state index contributed by atoms with van der Waals surface area (Å²) in [6.45, 7) is 7.85. The minimum Gasteiger partial charge on any atom is -0.491 e. The number of rotatable bonds is 7. The van der Waals surface area contributed by atoms with Crippen molar-refractivity contribution in [3.8, 4) is 5.75 Å². The fourth-order valence-corrected chi connectivity index (χ4v) is 2.18. The second kappa shape index (κ2) is 7.88. The SMILES string of the molecule is Cc1cc(Cl)c(C(C)C)cc1OCCOCCCl. The van der Waals surface area contributed by atoms with Gasteiger partial charge in [-0.2, -0.15) is 0 Å². The van der Waals surface area contributed by atoms with E-state index in [1.165, 1.54) is 0 Å². The van der Waals surface area contributed by atoms with Crippen molar-refractivity contribution in [2.45, 2.75) is 26.7 Å². The van der Waals surface area contributed by atoms with Gasteiger partial charge in [0.25, 0.3) is 0 Å². The van der Waals surface area contributed by atoms with E-state index in [0.29, 0.717) is 31.6 Å².